The molecule has 0 atom stereocenters. The summed E-state index contributed by atoms with van der Waals surface area (Å²) in [6, 6.07) is 10.5. The summed E-state index contributed by atoms with van der Waals surface area (Å²) in [5.41, 5.74) is 0.264. The number of fused-ring (bicyclic) bond motifs is 1. The van der Waals surface area contributed by atoms with E-state index in [2.05, 4.69) is 0 Å². The average Bonchev–Trinajstić information content (AvgIpc) is 3.07. The molecule has 0 saturated heterocycles. The third-order valence-corrected chi connectivity index (χ3v) is 5.80. The first-order chi connectivity index (χ1) is 11.9. The van der Waals surface area contributed by atoms with Crippen LogP contribution in [0, 0.1) is 10.1 Å². The SMILES string of the molecule is CCN(Cc1ccc2c(c1)OCO2)S(=O)(=O)c1ccccc1[N+](=O)[O-]. The van der Waals surface area contributed by atoms with Gasteiger partial charge in [0.15, 0.2) is 16.4 Å². The van der Waals surface area contributed by atoms with Crippen molar-refractivity contribution in [2.45, 2.75) is 18.4 Å². The minimum atomic E-state index is -4.02. The van der Waals surface area contributed by atoms with Crippen LogP contribution in [0.15, 0.2) is 47.4 Å². The number of nitro groups is 1. The van der Waals surface area contributed by atoms with Crippen LogP contribution in [0.4, 0.5) is 5.69 Å². The molecule has 0 aromatic heterocycles. The van der Waals surface area contributed by atoms with Crippen LogP contribution in [0.1, 0.15) is 12.5 Å². The molecule has 2 aromatic carbocycles. The van der Waals surface area contributed by atoms with E-state index in [1.807, 2.05) is 0 Å². The average molecular weight is 364 g/mol. The maximum atomic E-state index is 12.9. The summed E-state index contributed by atoms with van der Waals surface area (Å²) in [7, 11) is -4.02. The van der Waals surface area contributed by atoms with Crippen LogP contribution in [-0.2, 0) is 16.6 Å². The quantitative estimate of drug-likeness (QED) is 0.577. The van der Waals surface area contributed by atoms with Gasteiger partial charge in [-0.25, -0.2) is 8.42 Å². The van der Waals surface area contributed by atoms with Crippen molar-refractivity contribution in [3.63, 3.8) is 0 Å². The second kappa shape index (κ2) is 6.69. The van der Waals surface area contributed by atoms with Crippen LogP contribution in [-0.4, -0.2) is 31.0 Å². The van der Waals surface area contributed by atoms with Gasteiger partial charge in [0.1, 0.15) is 0 Å². The topological polar surface area (TPSA) is 99.0 Å². The highest BCUT2D eigenvalue weighted by atomic mass is 32.2. The van der Waals surface area contributed by atoms with Gasteiger partial charge in [0, 0.05) is 19.2 Å². The smallest absolute Gasteiger partial charge is 0.289 e. The summed E-state index contributed by atoms with van der Waals surface area (Å²) in [6.45, 7) is 2.05. The number of sulfonamides is 1. The molecule has 9 heteroatoms. The summed E-state index contributed by atoms with van der Waals surface area (Å²) < 4.78 is 37.5. The van der Waals surface area contributed by atoms with Crippen molar-refractivity contribution >= 4 is 15.7 Å². The van der Waals surface area contributed by atoms with Crippen LogP contribution in [0.2, 0.25) is 0 Å². The molecule has 1 aliphatic rings. The first-order valence-corrected chi connectivity index (χ1v) is 8.99. The zero-order valence-corrected chi connectivity index (χ0v) is 14.2. The van der Waals surface area contributed by atoms with Crippen molar-refractivity contribution < 1.29 is 22.8 Å². The summed E-state index contributed by atoms with van der Waals surface area (Å²) in [6.07, 6.45) is 0. The zero-order valence-electron chi connectivity index (χ0n) is 13.4. The predicted octanol–water partition coefficient (Wildman–Crippen LogP) is 2.53. The molecule has 0 spiro atoms. The summed E-state index contributed by atoms with van der Waals surface area (Å²) in [5.74, 6) is 1.16. The minimum absolute atomic E-state index is 0.0710. The first kappa shape index (κ1) is 17.2. The number of rotatable bonds is 6. The third kappa shape index (κ3) is 3.28. The number of hydrogen-bond donors (Lipinski definition) is 0. The molecule has 0 fully saturated rings. The summed E-state index contributed by atoms with van der Waals surface area (Å²) in [5, 5.41) is 11.2. The highest BCUT2D eigenvalue weighted by molar-refractivity contribution is 7.89. The summed E-state index contributed by atoms with van der Waals surface area (Å²) in [4.78, 5) is 10.1. The minimum Gasteiger partial charge on any atom is -0.454 e. The van der Waals surface area contributed by atoms with Gasteiger partial charge in [-0.1, -0.05) is 25.1 Å². The largest absolute Gasteiger partial charge is 0.454 e. The monoisotopic (exact) mass is 364 g/mol. The van der Waals surface area contributed by atoms with Gasteiger partial charge in [0.05, 0.1) is 4.92 Å². The molecule has 1 heterocycles. The number of nitro benzene ring substituents is 1. The predicted molar refractivity (Wildman–Crippen MR) is 88.9 cm³/mol. The number of para-hydroxylation sites is 1. The van der Waals surface area contributed by atoms with Crippen LogP contribution in [0.25, 0.3) is 0 Å². The Balaban J connectivity index is 1.93. The van der Waals surface area contributed by atoms with Gasteiger partial charge in [0.2, 0.25) is 16.8 Å². The van der Waals surface area contributed by atoms with E-state index in [1.165, 1.54) is 28.6 Å². The normalized spacial score (nSPS) is 13.2. The highest BCUT2D eigenvalue weighted by Gasteiger charge is 2.30. The van der Waals surface area contributed by atoms with E-state index in [-0.39, 0.29) is 24.8 Å². The molecule has 0 amide bonds. The maximum Gasteiger partial charge on any atom is 0.289 e. The van der Waals surface area contributed by atoms with Gasteiger partial charge in [-0.3, -0.25) is 10.1 Å². The van der Waals surface area contributed by atoms with Crippen LogP contribution in [0.3, 0.4) is 0 Å². The van der Waals surface area contributed by atoms with Gasteiger partial charge in [-0.05, 0) is 23.8 Å². The van der Waals surface area contributed by atoms with Crippen molar-refractivity contribution in [3.8, 4) is 11.5 Å². The Hall–Kier alpha value is -2.65. The Morgan fingerprint density at radius 2 is 1.88 bits per heavy atom. The van der Waals surface area contributed by atoms with Crippen LogP contribution in [0.5, 0.6) is 11.5 Å². The lowest BCUT2D eigenvalue weighted by Gasteiger charge is -2.20. The molecule has 0 radical (unpaired) electrons. The highest BCUT2D eigenvalue weighted by Crippen LogP contribution is 2.33. The van der Waals surface area contributed by atoms with E-state index >= 15 is 0 Å². The van der Waals surface area contributed by atoms with E-state index in [1.54, 1.807) is 25.1 Å². The van der Waals surface area contributed by atoms with Gasteiger partial charge < -0.3 is 9.47 Å². The van der Waals surface area contributed by atoms with Crippen molar-refractivity contribution in [2.24, 2.45) is 0 Å². The lowest BCUT2D eigenvalue weighted by molar-refractivity contribution is -0.387. The molecule has 1 aliphatic heterocycles. The van der Waals surface area contributed by atoms with E-state index < -0.39 is 20.6 Å². The Bertz CT molecular complexity index is 913. The molecule has 0 aliphatic carbocycles. The Labute approximate surface area is 144 Å². The fourth-order valence-electron chi connectivity index (χ4n) is 2.57. The van der Waals surface area contributed by atoms with Crippen molar-refractivity contribution in [1.29, 1.82) is 0 Å². The molecular weight excluding hydrogens is 348 g/mol. The fraction of sp³-hybridized carbons (Fsp3) is 0.250. The van der Waals surface area contributed by atoms with E-state index in [9.17, 15) is 18.5 Å². The van der Waals surface area contributed by atoms with Gasteiger partial charge in [-0.2, -0.15) is 4.31 Å². The van der Waals surface area contributed by atoms with Crippen molar-refractivity contribution in [3.05, 3.63) is 58.1 Å². The molecule has 25 heavy (non-hydrogen) atoms. The second-order valence-electron chi connectivity index (χ2n) is 5.34. The number of nitrogens with zero attached hydrogens (tertiary/aromatic N) is 2. The Morgan fingerprint density at radius 1 is 1.16 bits per heavy atom. The molecule has 0 bridgehead atoms. The van der Waals surface area contributed by atoms with E-state index in [0.29, 0.717) is 17.1 Å². The number of hydrogen-bond acceptors (Lipinski definition) is 6. The van der Waals surface area contributed by atoms with Crippen molar-refractivity contribution in [2.75, 3.05) is 13.3 Å². The zero-order chi connectivity index (χ0) is 18.0. The lowest BCUT2D eigenvalue weighted by Crippen LogP contribution is -2.30. The molecule has 2 aromatic rings. The van der Waals surface area contributed by atoms with Gasteiger partial charge in [0.25, 0.3) is 5.69 Å². The molecule has 0 unspecified atom stereocenters. The van der Waals surface area contributed by atoms with Crippen molar-refractivity contribution in [1.82, 2.24) is 4.31 Å². The molecule has 132 valence electrons. The number of benzene rings is 2. The number of ether oxygens (including phenoxy) is 2. The fourth-order valence-corrected chi connectivity index (χ4v) is 4.17. The molecule has 0 saturated carbocycles. The van der Waals surface area contributed by atoms with E-state index in [4.69, 9.17) is 9.47 Å². The second-order valence-corrected chi connectivity index (χ2v) is 7.25. The van der Waals surface area contributed by atoms with Crippen LogP contribution >= 0.6 is 0 Å². The first-order valence-electron chi connectivity index (χ1n) is 7.55. The maximum absolute atomic E-state index is 12.9. The Morgan fingerprint density at radius 3 is 2.60 bits per heavy atom. The van der Waals surface area contributed by atoms with E-state index in [0.717, 1.165) is 0 Å². The molecule has 3 rings (SSSR count). The van der Waals surface area contributed by atoms with Gasteiger partial charge in [-0.15, -0.1) is 0 Å². The summed E-state index contributed by atoms with van der Waals surface area (Å²) >= 11 is 0. The molecule has 8 nitrogen and oxygen atoms in total. The van der Waals surface area contributed by atoms with Crippen LogP contribution < -0.4 is 9.47 Å². The standard InChI is InChI=1S/C16H16N2O6S/c1-2-17(10-12-7-8-14-15(9-12)24-11-23-14)25(21,22)16-6-4-3-5-13(16)18(19)20/h3-9H,2,10-11H2,1H3. The Kier molecular flexibility index (Phi) is 4.60. The van der Waals surface area contributed by atoms with Gasteiger partial charge >= 0.3 is 0 Å². The lowest BCUT2D eigenvalue weighted by atomic mass is 10.2. The molecular formula is C16H16N2O6S. The molecule has 0 N–H and O–H groups in total. The third-order valence-electron chi connectivity index (χ3n) is 3.83.